The van der Waals surface area contributed by atoms with Gasteiger partial charge in [0, 0.05) is 30.9 Å². The first kappa shape index (κ1) is 11.8. The summed E-state index contributed by atoms with van der Waals surface area (Å²) in [6, 6.07) is 4.17. The van der Waals surface area contributed by atoms with Crippen LogP contribution in [0.25, 0.3) is 0 Å². The molecule has 3 rings (SSSR count). The molecule has 1 aliphatic heterocycles. The van der Waals surface area contributed by atoms with Gasteiger partial charge in [-0.05, 0) is 48.3 Å². The molecule has 3 nitrogen and oxygen atoms in total. The van der Waals surface area contributed by atoms with E-state index in [1.807, 2.05) is 19.2 Å². The van der Waals surface area contributed by atoms with Crippen molar-refractivity contribution in [3.63, 3.8) is 0 Å². The van der Waals surface area contributed by atoms with Crippen molar-refractivity contribution in [3.8, 4) is 0 Å². The zero-order valence-corrected chi connectivity index (χ0v) is 11.4. The number of aromatic nitrogens is 2. The summed E-state index contributed by atoms with van der Waals surface area (Å²) in [6.07, 6.45) is 3.05. The lowest BCUT2D eigenvalue weighted by atomic mass is 10.1. The monoisotopic (exact) mass is 259 g/mol. The van der Waals surface area contributed by atoms with Gasteiger partial charge in [0.15, 0.2) is 0 Å². The first-order chi connectivity index (χ1) is 8.81. The molecule has 1 aliphatic rings. The van der Waals surface area contributed by atoms with Crippen LogP contribution in [0.3, 0.4) is 0 Å². The van der Waals surface area contributed by atoms with Crippen LogP contribution >= 0.6 is 11.3 Å². The van der Waals surface area contributed by atoms with Crippen molar-refractivity contribution in [2.75, 3.05) is 13.1 Å². The summed E-state index contributed by atoms with van der Waals surface area (Å²) in [7, 11) is 0. The summed E-state index contributed by atoms with van der Waals surface area (Å²) in [4.78, 5) is 11.5. The fourth-order valence-electron chi connectivity index (χ4n) is 2.49. The van der Waals surface area contributed by atoms with Crippen LogP contribution in [0, 0.1) is 6.92 Å². The van der Waals surface area contributed by atoms with Crippen LogP contribution in [0.5, 0.6) is 0 Å². The highest BCUT2D eigenvalue weighted by molar-refractivity contribution is 7.07. The van der Waals surface area contributed by atoms with E-state index in [9.17, 15) is 0 Å². The highest BCUT2D eigenvalue weighted by atomic mass is 32.1. The molecule has 2 aromatic heterocycles. The molecule has 0 aliphatic carbocycles. The summed E-state index contributed by atoms with van der Waals surface area (Å²) < 4.78 is 0. The maximum atomic E-state index is 4.55. The van der Waals surface area contributed by atoms with Crippen molar-refractivity contribution in [2.45, 2.75) is 25.8 Å². The molecule has 0 aromatic carbocycles. The van der Waals surface area contributed by atoms with Crippen molar-refractivity contribution < 1.29 is 0 Å². The van der Waals surface area contributed by atoms with Gasteiger partial charge in [0.25, 0.3) is 0 Å². The second kappa shape index (κ2) is 5.16. The summed E-state index contributed by atoms with van der Waals surface area (Å²) in [5.41, 5.74) is 2.49. The molecule has 0 saturated carbocycles. The Balaban J connectivity index is 1.65. The minimum absolute atomic E-state index is 0.503. The van der Waals surface area contributed by atoms with Crippen LogP contribution in [-0.4, -0.2) is 28.0 Å². The number of aryl methyl sites for hydroxylation is 1. The summed E-state index contributed by atoms with van der Waals surface area (Å²) in [5.74, 6) is 1.52. The van der Waals surface area contributed by atoms with E-state index in [-0.39, 0.29) is 0 Å². The van der Waals surface area contributed by atoms with Gasteiger partial charge in [-0.1, -0.05) is 0 Å². The Morgan fingerprint density at radius 3 is 3.17 bits per heavy atom. The van der Waals surface area contributed by atoms with Crippen LogP contribution in [0.4, 0.5) is 0 Å². The van der Waals surface area contributed by atoms with Crippen LogP contribution in [-0.2, 0) is 6.54 Å². The van der Waals surface area contributed by atoms with Gasteiger partial charge in [0.05, 0.1) is 0 Å². The van der Waals surface area contributed by atoms with Gasteiger partial charge >= 0.3 is 0 Å². The Morgan fingerprint density at radius 1 is 1.44 bits per heavy atom. The largest absolute Gasteiger partial charge is 0.298 e. The van der Waals surface area contributed by atoms with E-state index < -0.39 is 0 Å². The second-order valence-corrected chi connectivity index (χ2v) is 5.69. The average Bonchev–Trinajstić information content (AvgIpc) is 3.01. The van der Waals surface area contributed by atoms with Crippen molar-refractivity contribution in [2.24, 2.45) is 0 Å². The van der Waals surface area contributed by atoms with Gasteiger partial charge in [0.2, 0.25) is 0 Å². The molecule has 0 spiro atoms. The number of hydrogen-bond acceptors (Lipinski definition) is 4. The Hall–Kier alpha value is -1.26. The van der Waals surface area contributed by atoms with Crippen LogP contribution in [0.15, 0.2) is 29.1 Å². The van der Waals surface area contributed by atoms with Gasteiger partial charge in [-0.25, -0.2) is 9.97 Å². The number of rotatable bonds is 3. The molecule has 0 radical (unpaired) electrons. The molecule has 1 fully saturated rings. The molecule has 2 aromatic rings. The maximum Gasteiger partial charge on any atom is 0.132 e. The van der Waals surface area contributed by atoms with E-state index in [1.165, 1.54) is 12.0 Å². The molecule has 94 valence electrons. The van der Waals surface area contributed by atoms with Crippen molar-refractivity contribution in [1.82, 2.24) is 14.9 Å². The van der Waals surface area contributed by atoms with E-state index in [1.54, 1.807) is 11.3 Å². The van der Waals surface area contributed by atoms with Crippen molar-refractivity contribution in [3.05, 3.63) is 46.2 Å². The third-order valence-corrected chi connectivity index (χ3v) is 4.17. The molecule has 3 heterocycles. The lowest BCUT2D eigenvalue weighted by Gasteiger charge is -2.14. The molecule has 1 saturated heterocycles. The summed E-state index contributed by atoms with van der Waals surface area (Å²) in [6.45, 7) is 5.33. The molecule has 4 heteroatoms. The predicted octanol–water partition coefficient (Wildman–Crippen LogP) is 2.84. The normalized spacial score (nSPS) is 20.4. The fourth-order valence-corrected chi connectivity index (χ4v) is 3.15. The molecular formula is C14H17N3S. The van der Waals surface area contributed by atoms with Crippen molar-refractivity contribution in [1.29, 1.82) is 0 Å². The van der Waals surface area contributed by atoms with Gasteiger partial charge in [-0.15, -0.1) is 0 Å². The lowest BCUT2D eigenvalue weighted by Crippen LogP contribution is -2.19. The number of nitrogens with zero attached hydrogens (tertiary/aromatic N) is 3. The van der Waals surface area contributed by atoms with Gasteiger partial charge in [0.1, 0.15) is 5.82 Å². The smallest absolute Gasteiger partial charge is 0.132 e. The fraction of sp³-hybridized carbons (Fsp3) is 0.429. The molecule has 1 atom stereocenters. The molecule has 0 unspecified atom stereocenters. The minimum atomic E-state index is 0.503. The van der Waals surface area contributed by atoms with E-state index in [2.05, 4.69) is 31.7 Å². The average molecular weight is 259 g/mol. The van der Waals surface area contributed by atoms with E-state index >= 15 is 0 Å². The van der Waals surface area contributed by atoms with Crippen LogP contribution in [0.2, 0.25) is 0 Å². The number of hydrogen-bond donors (Lipinski definition) is 0. The molecular weight excluding hydrogens is 242 g/mol. The van der Waals surface area contributed by atoms with Crippen molar-refractivity contribution >= 4 is 11.3 Å². The summed E-state index contributed by atoms with van der Waals surface area (Å²) >= 11 is 1.77. The third kappa shape index (κ3) is 2.60. The van der Waals surface area contributed by atoms with E-state index in [0.717, 1.165) is 31.2 Å². The first-order valence-electron chi connectivity index (χ1n) is 6.34. The van der Waals surface area contributed by atoms with Gasteiger partial charge < -0.3 is 0 Å². The van der Waals surface area contributed by atoms with Crippen LogP contribution < -0.4 is 0 Å². The maximum absolute atomic E-state index is 4.55. The SMILES string of the molecule is Cc1ccnc([C@@H]2CCN(Cc3ccsc3)C2)n1. The van der Waals surface area contributed by atoms with Gasteiger partial charge in [-0.2, -0.15) is 11.3 Å². The molecule has 0 amide bonds. The van der Waals surface area contributed by atoms with Crippen LogP contribution in [0.1, 0.15) is 29.4 Å². The second-order valence-electron chi connectivity index (χ2n) is 4.91. The topological polar surface area (TPSA) is 29.0 Å². The standard InChI is InChI=1S/C14H17N3S/c1-11-2-5-15-14(16-11)13-3-6-17(9-13)8-12-4-7-18-10-12/h2,4-5,7,10,13H,3,6,8-9H2,1H3/t13-/m1/s1. The first-order valence-corrected chi connectivity index (χ1v) is 7.28. The molecule has 18 heavy (non-hydrogen) atoms. The predicted molar refractivity (Wildman–Crippen MR) is 73.7 cm³/mol. The zero-order chi connectivity index (χ0) is 12.4. The highest BCUT2D eigenvalue weighted by Gasteiger charge is 2.25. The van der Waals surface area contributed by atoms with Gasteiger partial charge in [-0.3, -0.25) is 4.90 Å². The van der Waals surface area contributed by atoms with E-state index in [0.29, 0.717) is 5.92 Å². The Bertz CT molecular complexity index is 510. The number of thiophene rings is 1. The number of likely N-dealkylation sites (tertiary alicyclic amines) is 1. The summed E-state index contributed by atoms with van der Waals surface area (Å²) in [5, 5.41) is 4.38. The Morgan fingerprint density at radius 2 is 2.39 bits per heavy atom. The lowest BCUT2D eigenvalue weighted by molar-refractivity contribution is 0.326. The zero-order valence-electron chi connectivity index (χ0n) is 10.5. The molecule has 0 bridgehead atoms. The molecule has 0 N–H and O–H groups in total. The minimum Gasteiger partial charge on any atom is -0.298 e. The quantitative estimate of drug-likeness (QED) is 0.848. The Kier molecular flexibility index (Phi) is 3.39. The third-order valence-electron chi connectivity index (χ3n) is 3.44. The Labute approximate surface area is 112 Å². The van der Waals surface area contributed by atoms with E-state index in [4.69, 9.17) is 0 Å². The highest BCUT2D eigenvalue weighted by Crippen LogP contribution is 2.26.